The predicted octanol–water partition coefficient (Wildman–Crippen LogP) is 2.77. The summed E-state index contributed by atoms with van der Waals surface area (Å²) >= 11 is 0. The van der Waals surface area contributed by atoms with Gasteiger partial charge in [-0.05, 0) is 36.8 Å². The summed E-state index contributed by atoms with van der Waals surface area (Å²) in [6.45, 7) is 2.01. The summed E-state index contributed by atoms with van der Waals surface area (Å²) in [6.07, 6.45) is 0.573. The fraction of sp³-hybridized carbons (Fsp3) is 0.143. The zero-order valence-corrected chi connectivity index (χ0v) is 9.97. The number of hydrogen-bond acceptors (Lipinski definition) is 2. The summed E-state index contributed by atoms with van der Waals surface area (Å²) in [6, 6.07) is 12.4. The summed E-state index contributed by atoms with van der Waals surface area (Å²) < 4.78 is 15.1. The molecule has 0 aliphatic carbocycles. The second kappa shape index (κ2) is 4.22. The molecule has 3 rings (SSSR count). The largest absolute Gasteiger partial charge is 0.283 e. The third-order valence-corrected chi connectivity index (χ3v) is 2.94. The molecule has 2 heterocycles. The third-order valence-electron chi connectivity index (χ3n) is 2.94. The molecule has 0 fully saturated rings. The van der Waals surface area contributed by atoms with E-state index in [-0.39, 0.29) is 5.82 Å². The Hall–Kier alpha value is -2.23. The smallest absolute Gasteiger partial charge is 0.160 e. The molecule has 0 aliphatic rings. The molecule has 1 aromatic carbocycles. The predicted molar refractivity (Wildman–Crippen MR) is 66.9 cm³/mol. The van der Waals surface area contributed by atoms with E-state index in [2.05, 4.69) is 10.2 Å². The highest BCUT2D eigenvalue weighted by atomic mass is 19.1. The van der Waals surface area contributed by atoms with E-state index in [9.17, 15) is 4.39 Å². The van der Waals surface area contributed by atoms with Crippen LogP contribution >= 0.6 is 0 Å². The number of aromatic nitrogens is 3. The molecular weight excluding hydrogens is 229 g/mol. The quantitative estimate of drug-likeness (QED) is 0.690. The molecule has 0 aliphatic heterocycles. The van der Waals surface area contributed by atoms with Gasteiger partial charge in [-0.25, -0.2) is 4.39 Å². The number of fused-ring (bicyclic) bond motifs is 1. The fourth-order valence-corrected chi connectivity index (χ4v) is 2.11. The lowest BCUT2D eigenvalue weighted by Gasteiger charge is -2.03. The van der Waals surface area contributed by atoms with Crippen molar-refractivity contribution in [1.29, 1.82) is 0 Å². The Balaban J connectivity index is 2.05. The molecule has 2 aromatic heterocycles. The normalized spacial score (nSPS) is 11.0. The Morgan fingerprint density at radius 2 is 1.94 bits per heavy atom. The van der Waals surface area contributed by atoms with E-state index in [4.69, 9.17) is 0 Å². The van der Waals surface area contributed by atoms with E-state index < -0.39 is 0 Å². The Kier molecular flexibility index (Phi) is 2.55. The van der Waals surface area contributed by atoms with E-state index in [0.717, 1.165) is 22.7 Å². The van der Waals surface area contributed by atoms with Crippen molar-refractivity contribution in [3.8, 4) is 0 Å². The van der Waals surface area contributed by atoms with Crippen molar-refractivity contribution in [2.24, 2.45) is 0 Å². The summed E-state index contributed by atoms with van der Waals surface area (Å²) in [5.41, 5.74) is 2.79. The van der Waals surface area contributed by atoms with Crippen LogP contribution in [-0.2, 0) is 6.42 Å². The van der Waals surface area contributed by atoms with Crippen LogP contribution in [0.25, 0.3) is 5.65 Å². The van der Waals surface area contributed by atoms with Gasteiger partial charge in [-0.15, -0.1) is 10.2 Å². The Bertz CT molecular complexity index is 703. The molecule has 0 amide bonds. The van der Waals surface area contributed by atoms with Crippen LogP contribution in [0, 0.1) is 12.7 Å². The van der Waals surface area contributed by atoms with E-state index in [0.29, 0.717) is 6.42 Å². The third kappa shape index (κ3) is 1.86. The van der Waals surface area contributed by atoms with Gasteiger partial charge in [0.05, 0.1) is 0 Å². The summed E-state index contributed by atoms with van der Waals surface area (Å²) in [4.78, 5) is 0. The number of nitrogens with zero attached hydrogens (tertiary/aromatic N) is 3. The first kappa shape index (κ1) is 10.9. The zero-order chi connectivity index (χ0) is 12.5. The van der Waals surface area contributed by atoms with Crippen LogP contribution in [-0.4, -0.2) is 14.6 Å². The van der Waals surface area contributed by atoms with Gasteiger partial charge in [0.2, 0.25) is 0 Å². The summed E-state index contributed by atoms with van der Waals surface area (Å²) in [7, 11) is 0. The average Bonchev–Trinajstić information content (AvgIpc) is 2.74. The van der Waals surface area contributed by atoms with Gasteiger partial charge in [-0.2, -0.15) is 0 Å². The van der Waals surface area contributed by atoms with Gasteiger partial charge in [0.25, 0.3) is 0 Å². The molecule has 18 heavy (non-hydrogen) atoms. The minimum atomic E-state index is -0.224. The molecule has 0 atom stereocenters. The van der Waals surface area contributed by atoms with Crippen molar-refractivity contribution in [3.63, 3.8) is 0 Å². The number of rotatable bonds is 2. The van der Waals surface area contributed by atoms with Gasteiger partial charge in [-0.3, -0.25) is 4.40 Å². The van der Waals surface area contributed by atoms with Crippen LogP contribution in [0.3, 0.4) is 0 Å². The number of pyridine rings is 1. The summed E-state index contributed by atoms with van der Waals surface area (Å²) in [5.74, 6) is 0.603. The first-order valence-corrected chi connectivity index (χ1v) is 5.78. The molecule has 0 radical (unpaired) electrons. The minimum Gasteiger partial charge on any atom is -0.283 e. The lowest BCUT2D eigenvalue weighted by Crippen LogP contribution is -1.99. The highest BCUT2D eigenvalue weighted by Crippen LogP contribution is 2.13. The molecular formula is C14H12FN3. The number of hydrogen-bond donors (Lipinski definition) is 0. The fourth-order valence-electron chi connectivity index (χ4n) is 2.11. The van der Waals surface area contributed by atoms with Crippen molar-refractivity contribution in [3.05, 3.63) is 65.4 Å². The van der Waals surface area contributed by atoms with Gasteiger partial charge in [0, 0.05) is 12.1 Å². The first-order chi connectivity index (χ1) is 8.74. The molecule has 3 aromatic rings. The van der Waals surface area contributed by atoms with Crippen LogP contribution in [0.1, 0.15) is 17.1 Å². The van der Waals surface area contributed by atoms with E-state index >= 15 is 0 Å². The molecule has 0 saturated heterocycles. The van der Waals surface area contributed by atoms with Crippen LogP contribution in [0.15, 0.2) is 42.5 Å². The molecule has 0 bridgehead atoms. The standard InChI is InChI=1S/C14H12FN3/c1-10-4-2-7-13-16-17-14(18(10)13)9-11-5-3-6-12(15)8-11/h2-8H,9H2,1H3. The second-order valence-corrected chi connectivity index (χ2v) is 4.28. The molecule has 0 saturated carbocycles. The monoisotopic (exact) mass is 241 g/mol. The van der Waals surface area contributed by atoms with Gasteiger partial charge < -0.3 is 0 Å². The Morgan fingerprint density at radius 3 is 2.78 bits per heavy atom. The highest BCUT2D eigenvalue weighted by molar-refractivity contribution is 5.40. The van der Waals surface area contributed by atoms with Crippen molar-refractivity contribution >= 4 is 5.65 Å². The van der Waals surface area contributed by atoms with Crippen LogP contribution in [0.5, 0.6) is 0 Å². The lowest BCUT2D eigenvalue weighted by atomic mass is 10.1. The van der Waals surface area contributed by atoms with Crippen molar-refractivity contribution in [2.45, 2.75) is 13.3 Å². The van der Waals surface area contributed by atoms with Gasteiger partial charge >= 0.3 is 0 Å². The van der Waals surface area contributed by atoms with Crippen molar-refractivity contribution in [2.75, 3.05) is 0 Å². The minimum absolute atomic E-state index is 0.224. The molecule has 3 nitrogen and oxygen atoms in total. The Labute approximate surface area is 104 Å². The molecule has 0 spiro atoms. The van der Waals surface area contributed by atoms with E-state index in [1.165, 1.54) is 12.1 Å². The molecule has 0 N–H and O–H groups in total. The number of aryl methyl sites for hydroxylation is 1. The maximum atomic E-state index is 13.1. The topological polar surface area (TPSA) is 30.2 Å². The van der Waals surface area contributed by atoms with Gasteiger partial charge in [0.1, 0.15) is 11.6 Å². The van der Waals surface area contributed by atoms with E-state index in [1.807, 2.05) is 35.6 Å². The SMILES string of the molecule is Cc1cccc2nnc(Cc3cccc(F)c3)n12. The molecule has 4 heteroatoms. The van der Waals surface area contributed by atoms with E-state index in [1.54, 1.807) is 6.07 Å². The summed E-state index contributed by atoms with van der Waals surface area (Å²) in [5, 5.41) is 8.29. The van der Waals surface area contributed by atoms with Crippen molar-refractivity contribution < 1.29 is 4.39 Å². The second-order valence-electron chi connectivity index (χ2n) is 4.28. The first-order valence-electron chi connectivity index (χ1n) is 5.78. The van der Waals surface area contributed by atoms with Gasteiger partial charge in [0.15, 0.2) is 5.65 Å². The van der Waals surface area contributed by atoms with Gasteiger partial charge in [-0.1, -0.05) is 18.2 Å². The highest BCUT2D eigenvalue weighted by Gasteiger charge is 2.08. The maximum absolute atomic E-state index is 13.1. The van der Waals surface area contributed by atoms with Crippen LogP contribution < -0.4 is 0 Å². The van der Waals surface area contributed by atoms with Crippen LogP contribution in [0.4, 0.5) is 4.39 Å². The zero-order valence-electron chi connectivity index (χ0n) is 9.97. The number of benzene rings is 1. The molecule has 90 valence electrons. The lowest BCUT2D eigenvalue weighted by molar-refractivity contribution is 0.625. The Morgan fingerprint density at radius 1 is 1.11 bits per heavy atom. The van der Waals surface area contributed by atoms with Crippen LogP contribution in [0.2, 0.25) is 0 Å². The molecule has 0 unspecified atom stereocenters. The average molecular weight is 241 g/mol. The number of halogens is 1. The van der Waals surface area contributed by atoms with Crippen molar-refractivity contribution in [1.82, 2.24) is 14.6 Å². The maximum Gasteiger partial charge on any atom is 0.160 e.